The van der Waals surface area contributed by atoms with Crippen LogP contribution in [0.3, 0.4) is 0 Å². The van der Waals surface area contributed by atoms with E-state index in [1.54, 1.807) is 0 Å². The molecule has 0 aliphatic heterocycles. The normalized spacial score (nSPS) is 11.9. The molecular formula is C7H11ClO4. The molecule has 0 saturated heterocycles. The molecule has 0 bridgehead atoms. The zero-order chi connectivity index (χ0) is 9.56. The van der Waals surface area contributed by atoms with Gasteiger partial charge in [0.25, 0.3) is 0 Å². The van der Waals surface area contributed by atoms with Gasteiger partial charge in [-0.1, -0.05) is 0 Å². The maximum atomic E-state index is 10.9. The second-order valence-electron chi connectivity index (χ2n) is 2.10. The number of hydrogen-bond donors (Lipinski definition) is 0. The van der Waals surface area contributed by atoms with Crippen molar-refractivity contribution in [3.8, 4) is 0 Å². The Hall–Kier alpha value is -0.770. The fourth-order valence-corrected chi connectivity index (χ4v) is 0.614. The van der Waals surface area contributed by atoms with Crippen molar-refractivity contribution >= 4 is 23.5 Å². The van der Waals surface area contributed by atoms with E-state index in [9.17, 15) is 9.59 Å². The van der Waals surface area contributed by atoms with Gasteiger partial charge >= 0.3 is 11.9 Å². The van der Waals surface area contributed by atoms with Crippen LogP contribution in [0.1, 0.15) is 6.92 Å². The van der Waals surface area contributed by atoms with Gasteiger partial charge in [0.2, 0.25) is 0 Å². The van der Waals surface area contributed by atoms with Crippen molar-refractivity contribution in [1.82, 2.24) is 0 Å². The van der Waals surface area contributed by atoms with Gasteiger partial charge in [0.1, 0.15) is 6.61 Å². The van der Waals surface area contributed by atoms with Crippen LogP contribution in [-0.2, 0) is 19.1 Å². The average molecular weight is 195 g/mol. The lowest BCUT2D eigenvalue weighted by atomic mass is 10.2. The van der Waals surface area contributed by atoms with Gasteiger partial charge in [-0.15, -0.1) is 11.6 Å². The fraction of sp³-hybridized carbons (Fsp3) is 0.714. The van der Waals surface area contributed by atoms with Crippen LogP contribution in [0.4, 0.5) is 0 Å². The van der Waals surface area contributed by atoms with Gasteiger partial charge in [0.05, 0.1) is 13.0 Å². The van der Waals surface area contributed by atoms with E-state index in [-0.39, 0.29) is 12.5 Å². The first-order valence-corrected chi connectivity index (χ1v) is 3.97. The molecule has 0 aliphatic rings. The highest BCUT2D eigenvalue weighted by molar-refractivity contribution is 6.18. The SMILES string of the molecule is COC(=O)C(C)C(=O)OCCCl. The standard InChI is InChI=1S/C7H11ClO4/c1-5(6(9)11-2)7(10)12-4-3-8/h5H,3-4H2,1-2H3. The number of carbonyl (C=O) groups is 2. The molecule has 4 nitrogen and oxygen atoms in total. The molecule has 1 unspecified atom stereocenters. The molecule has 0 heterocycles. The second kappa shape index (κ2) is 5.83. The smallest absolute Gasteiger partial charge is 0.320 e. The topological polar surface area (TPSA) is 52.6 Å². The molecule has 0 N–H and O–H groups in total. The number of esters is 2. The van der Waals surface area contributed by atoms with Crippen LogP contribution < -0.4 is 0 Å². The highest BCUT2D eigenvalue weighted by Crippen LogP contribution is 2.00. The third-order valence-corrected chi connectivity index (χ3v) is 1.38. The number of alkyl halides is 1. The Morgan fingerprint density at radius 1 is 1.42 bits per heavy atom. The Labute approximate surface area is 75.8 Å². The summed E-state index contributed by atoms with van der Waals surface area (Å²) in [4.78, 5) is 21.7. The minimum atomic E-state index is -0.877. The number of halogens is 1. The van der Waals surface area contributed by atoms with Crippen LogP contribution in [0, 0.1) is 5.92 Å². The van der Waals surface area contributed by atoms with E-state index in [4.69, 9.17) is 11.6 Å². The minimum absolute atomic E-state index is 0.113. The molecule has 0 saturated carbocycles. The number of rotatable bonds is 4. The van der Waals surface area contributed by atoms with Crippen molar-refractivity contribution < 1.29 is 19.1 Å². The molecule has 12 heavy (non-hydrogen) atoms. The monoisotopic (exact) mass is 194 g/mol. The van der Waals surface area contributed by atoms with Crippen LogP contribution in [0.15, 0.2) is 0 Å². The van der Waals surface area contributed by atoms with E-state index in [2.05, 4.69) is 9.47 Å². The summed E-state index contributed by atoms with van der Waals surface area (Å²) in [5, 5.41) is 0. The molecule has 0 aromatic carbocycles. The van der Waals surface area contributed by atoms with Crippen LogP contribution in [0.2, 0.25) is 0 Å². The van der Waals surface area contributed by atoms with Gasteiger partial charge in [-0.25, -0.2) is 0 Å². The Bertz CT molecular complexity index is 169. The van der Waals surface area contributed by atoms with Crippen LogP contribution in [0.25, 0.3) is 0 Å². The van der Waals surface area contributed by atoms with Gasteiger partial charge in [-0.2, -0.15) is 0 Å². The molecule has 0 spiro atoms. The highest BCUT2D eigenvalue weighted by Gasteiger charge is 2.23. The first-order valence-electron chi connectivity index (χ1n) is 3.44. The number of methoxy groups -OCH3 is 1. The first-order chi connectivity index (χ1) is 5.63. The quantitative estimate of drug-likeness (QED) is 0.373. The van der Waals surface area contributed by atoms with Crippen molar-refractivity contribution in [2.75, 3.05) is 19.6 Å². The summed E-state index contributed by atoms with van der Waals surface area (Å²) in [6, 6.07) is 0. The molecule has 5 heteroatoms. The number of ether oxygens (including phenoxy) is 2. The van der Waals surface area contributed by atoms with Crippen molar-refractivity contribution in [3.05, 3.63) is 0 Å². The van der Waals surface area contributed by atoms with Crippen molar-refractivity contribution in [1.29, 1.82) is 0 Å². The van der Waals surface area contributed by atoms with Crippen molar-refractivity contribution in [2.24, 2.45) is 5.92 Å². The second-order valence-corrected chi connectivity index (χ2v) is 2.48. The summed E-state index contributed by atoms with van der Waals surface area (Å²) < 4.78 is 8.94. The third-order valence-electron chi connectivity index (χ3n) is 1.23. The summed E-state index contributed by atoms with van der Waals surface area (Å²) in [5.41, 5.74) is 0. The number of hydrogen-bond acceptors (Lipinski definition) is 4. The molecule has 0 aliphatic carbocycles. The summed E-state index contributed by atoms with van der Waals surface area (Å²) >= 11 is 5.27. The lowest BCUT2D eigenvalue weighted by Crippen LogP contribution is -2.24. The Balaban J connectivity index is 3.84. The summed E-state index contributed by atoms with van der Waals surface area (Å²) in [5.74, 6) is -1.87. The largest absolute Gasteiger partial charge is 0.468 e. The van der Waals surface area contributed by atoms with Gasteiger partial charge in [-0.05, 0) is 6.92 Å². The lowest BCUT2D eigenvalue weighted by molar-refractivity contribution is -0.159. The van der Waals surface area contributed by atoms with Crippen LogP contribution in [-0.4, -0.2) is 31.5 Å². The van der Waals surface area contributed by atoms with E-state index in [0.717, 1.165) is 0 Å². The van der Waals surface area contributed by atoms with E-state index in [0.29, 0.717) is 0 Å². The van der Waals surface area contributed by atoms with Crippen LogP contribution >= 0.6 is 11.6 Å². The van der Waals surface area contributed by atoms with Gasteiger partial charge in [0.15, 0.2) is 5.92 Å². The molecular weight excluding hydrogens is 184 g/mol. The summed E-state index contributed by atoms with van der Waals surface area (Å²) in [6.45, 7) is 1.53. The predicted octanol–water partition coefficient (Wildman–Crippen LogP) is 0.577. The maximum absolute atomic E-state index is 10.9. The first kappa shape index (κ1) is 11.2. The molecule has 1 atom stereocenters. The van der Waals surface area contributed by atoms with Gasteiger partial charge in [-0.3, -0.25) is 9.59 Å². The van der Waals surface area contributed by atoms with Gasteiger partial charge < -0.3 is 9.47 Å². The molecule has 0 rings (SSSR count). The minimum Gasteiger partial charge on any atom is -0.468 e. The average Bonchev–Trinajstić information content (AvgIpc) is 2.11. The molecule has 70 valence electrons. The van der Waals surface area contributed by atoms with E-state index >= 15 is 0 Å². The third kappa shape index (κ3) is 3.57. The zero-order valence-electron chi connectivity index (χ0n) is 7.00. The number of carbonyl (C=O) groups excluding carboxylic acids is 2. The van der Waals surface area contributed by atoms with Crippen molar-refractivity contribution in [3.63, 3.8) is 0 Å². The van der Waals surface area contributed by atoms with Crippen LogP contribution in [0.5, 0.6) is 0 Å². The Kier molecular flexibility index (Phi) is 5.45. The summed E-state index contributed by atoms with van der Waals surface area (Å²) in [7, 11) is 1.22. The fourth-order valence-electron chi connectivity index (χ4n) is 0.537. The maximum Gasteiger partial charge on any atom is 0.320 e. The summed E-state index contributed by atoms with van der Waals surface area (Å²) in [6.07, 6.45) is 0. The molecule has 0 aromatic heterocycles. The zero-order valence-corrected chi connectivity index (χ0v) is 7.76. The Morgan fingerprint density at radius 2 is 2.00 bits per heavy atom. The lowest BCUT2D eigenvalue weighted by Gasteiger charge is -2.07. The predicted molar refractivity (Wildman–Crippen MR) is 42.9 cm³/mol. The molecule has 0 amide bonds. The van der Waals surface area contributed by atoms with Crippen molar-refractivity contribution in [2.45, 2.75) is 6.92 Å². The van der Waals surface area contributed by atoms with E-state index in [1.165, 1.54) is 14.0 Å². The Morgan fingerprint density at radius 3 is 2.42 bits per heavy atom. The van der Waals surface area contributed by atoms with E-state index in [1.807, 2.05) is 0 Å². The molecule has 0 radical (unpaired) electrons. The van der Waals surface area contributed by atoms with Gasteiger partial charge in [0, 0.05) is 0 Å². The molecule has 0 fully saturated rings. The molecule has 0 aromatic rings. The highest BCUT2D eigenvalue weighted by atomic mass is 35.5. The van der Waals surface area contributed by atoms with E-state index < -0.39 is 17.9 Å².